The Morgan fingerprint density at radius 1 is 1.11 bits per heavy atom. The van der Waals surface area contributed by atoms with Crippen LogP contribution in [0.3, 0.4) is 0 Å². The molecule has 0 bridgehead atoms. The summed E-state index contributed by atoms with van der Waals surface area (Å²) in [5.74, 6) is -0.0203. The lowest BCUT2D eigenvalue weighted by Crippen LogP contribution is -2.36. The topological polar surface area (TPSA) is 99.3 Å². The Bertz CT molecular complexity index is 1360. The van der Waals surface area contributed by atoms with Crippen LogP contribution < -0.4 is 15.5 Å². The zero-order chi connectivity index (χ0) is 25.8. The van der Waals surface area contributed by atoms with Crippen LogP contribution in [0.5, 0.6) is 0 Å². The van der Waals surface area contributed by atoms with Gasteiger partial charge >= 0.3 is 0 Å². The minimum absolute atomic E-state index is 0.0407. The number of aromatic amines is 1. The number of amides is 2. The Labute approximate surface area is 220 Å². The van der Waals surface area contributed by atoms with Gasteiger partial charge in [-0.3, -0.25) is 14.7 Å². The number of fused-ring (bicyclic) bond motifs is 1. The summed E-state index contributed by atoms with van der Waals surface area (Å²) in [6.07, 6.45) is 3.12. The zero-order valence-electron chi connectivity index (χ0n) is 21.0. The zero-order valence-corrected chi connectivity index (χ0v) is 21.8. The maximum Gasteiger partial charge on any atom is 0.256 e. The standard InChI is InChI=1S/C28H31N5O3S/c1-3-23(25-5-4-16-37-25)29-28(35)19-8-11-24-22(17-19)26(32-31-24)30-27(34)18-6-9-20(10-7-18)33-14-12-21(36-2)13-15-33/h4-11,16-17,21,23H,3,12-15H2,1-2H3,(H,29,35)(H2,30,31,32,34). The number of piperidine rings is 1. The molecule has 0 aliphatic carbocycles. The van der Waals surface area contributed by atoms with E-state index in [0.717, 1.165) is 48.4 Å². The van der Waals surface area contributed by atoms with Gasteiger partial charge in [-0.05, 0) is 73.2 Å². The molecule has 1 atom stereocenters. The van der Waals surface area contributed by atoms with E-state index in [9.17, 15) is 9.59 Å². The van der Waals surface area contributed by atoms with Crippen molar-refractivity contribution in [3.63, 3.8) is 0 Å². The van der Waals surface area contributed by atoms with Crippen molar-refractivity contribution in [2.45, 2.75) is 38.3 Å². The Hall–Kier alpha value is -3.69. The molecule has 1 saturated heterocycles. The van der Waals surface area contributed by atoms with Crippen LogP contribution in [-0.2, 0) is 4.74 Å². The molecule has 1 aliphatic heterocycles. The van der Waals surface area contributed by atoms with Crippen molar-refractivity contribution in [3.8, 4) is 0 Å². The highest BCUT2D eigenvalue weighted by Gasteiger charge is 2.20. The van der Waals surface area contributed by atoms with Crippen molar-refractivity contribution in [3.05, 3.63) is 76.0 Å². The van der Waals surface area contributed by atoms with E-state index in [1.54, 1.807) is 36.6 Å². The van der Waals surface area contributed by atoms with E-state index in [1.807, 2.05) is 48.7 Å². The van der Waals surface area contributed by atoms with Crippen molar-refractivity contribution in [1.29, 1.82) is 0 Å². The number of nitrogens with zero attached hydrogens (tertiary/aromatic N) is 2. The van der Waals surface area contributed by atoms with Gasteiger partial charge in [0.1, 0.15) is 0 Å². The summed E-state index contributed by atoms with van der Waals surface area (Å²) in [4.78, 5) is 29.4. The molecule has 2 aromatic carbocycles. The first-order valence-corrected chi connectivity index (χ1v) is 13.4. The van der Waals surface area contributed by atoms with Gasteiger partial charge < -0.3 is 20.3 Å². The molecular formula is C28H31N5O3S. The van der Waals surface area contributed by atoms with Gasteiger partial charge in [-0.2, -0.15) is 5.10 Å². The van der Waals surface area contributed by atoms with E-state index in [1.165, 1.54) is 0 Å². The number of methoxy groups -OCH3 is 1. The first kappa shape index (κ1) is 25.0. The fraction of sp³-hybridized carbons (Fsp3) is 0.321. The van der Waals surface area contributed by atoms with Gasteiger partial charge in [-0.15, -0.1) is 11.3 Å². The third kappa shape index (κ3) is 5.52. The molecule has 8 nitrogen and oxygen atoms in total. The van der Waals surface area contributed by atoms with E-state index in [0.29, 0.717) is 28.4 Å². The van der Waals surface area contributed by atoms with Crippen LogP contribution in [0.4, 0.5) is 11.5 Å². The number of nitrogens with one attached hydrogen (secondary N) is 3. The van der Waals surface area contributed by atoms with Crippen molar-refractivity contribution < 1.29 is 14.3 Å². The van der Waals surface area contributed by atoms with E-state index < -0.39 is 0 Å². The molecule has 0 spiro atoms. The van der Waals surface area contributed by atoms with E-state index in [2.05, 4.69) is 25.7 Å². The highest BCUT2D eigenvalue weighted by molar-refractivity contribution is 7.10. The number of thiophene rings is 1. The normalized spacial score (nSPS) is 15.0. The number of carbonyl (C=O) groups excluding carboxylic acids is 2. The second-order valence-corrected chi connectivity index (χ2v) is 10.2. The van der Waals surface area contributed by atoms with Crippen molar-refractivity contribution in [2.75, 3.05) is 30.4 Å². The molecule has 1 aliphatic rings. The van der Waals surface area contributed by atoms with Gasteiger partial charge in [-0.1, -0.05) is 13.0 Å². The fourth-order valence-electron chi connectivity index (χ4n) is 4.71. The first-order chi connectivity index (χ1) is 18.1. The summed E-state index contributed by atoms with van der Waals surface area (Å²) in [5.41, 5.74) is 2.90. The quantitative estimate of drug-likeness (QED) is 0.292. The van der Waals surface area contributed by atoms with Gasteiger partial charge in [0.05, 0.1) is 17.7 Å². The van der Waals surface area contributed by atoms with Crippen LogP contribution in [-0.4, -0.2) is 48.3 Å². The highest BCUT2D eigenvalue weighted by atomic mass is 32.1. The lowest BCUT2D eigenvalue weighted by Gasteiger charge is -2.33. The Morgan fingerprint density at radius 3 is 2.54 bits per heavy atom. The smallest absolute Gasteiger partial charge is 0.256 e. The molecule has 3 N–H and O–H groups in total. The van der Waals surface area contributed by atoms with Crippen LogP contribution in [0.25, 0.3) is 10.9 Å². The molecule has 9 heteroatoms. The van der Waals surface area contributed by atoms with Crippen LogP contribution >= 0.6 is 11.3 Å². The predicted octanol–water partition coefficient (Wildman–Crippen LogP) is 5.37. The van der Waals surface area contributed by atoms with Gasteiger partial charge in [0.2, 0.25) is 0 Å². The second kappa shape index (κ2) is 11.1. The molecule has 0 saturated carbocycles. The van der Waals surface area contributed by atoms with Crippen molar-refractivity contribution >= 4 is 45.6 Å². The summed E-state index contributed by atoms with van der Waals surface area (Å²) in [5, 5.41) is 15.9. The molecule has 1 fully saturated rings. The van der Waals surface area contributed by atoms with Gasteiger partial charge in [0.15, 0.2) is 5.82 Å². The molecular weight excluding hydrogens is 486 g/mol. The number of anilines is 2. The molecule has 5 rings (SSSR count). The molecule has 192 valence electrons. The number of hydrogen-bond donors (Lipinski definition) is 3. The van der Waals surface area contributed by atoms with E-state index in [4.69, 9.17) is 4.74 Å². The van der Waals surface area contributed by atoms with Gasteiger partial charge in [-0.25, -0.2) is 0 Å². The maximum atomic E-state index is 13.0. The lowest BCUT2D eigenvalue weighted by molar-refractivity contribution is 0.0819. The van der Waals surface area contributed by atoms with Gasteiger partial charge in [0, 0.05) is 47.3 Å². The molecule has 0 radical (unpaired) electrons. The Balaban J connectivity index is 1.27. The summed E-state index contributed by atoms with van der Waals surface area (Å²) >= 11 is 1.63. The van der Waals surface area contributed by atoms with Crippen molar-refractivity contribution in [2.24, 2.45) is 0 Å². The minimum Gasteiger partial charge on any atom is -0.381 e. The Kier molecular flexibility index (Phi) is 7.52. The third-order valence-corrected chi connectivity index (χ3v) is 7.91. The molecule has 2 aromatic heterocycles. The monoisotopic (exact) mass is 517 g/mol. The number of H-pyrrole nitrogens is 1. The van der Waals surface area contributed by atoms with Crippen LogP contribution in [0, 0.1) is 0 Å². The van der Waals surface area contributed by atoms with Crippen molar-refractivity contribution in [1.82, 2.24) is 15.5 Å². The molecule has 1 unspecified atom stereocenters. The number of ether oxygens (including phenoxy) is 1. The molecule has 4 aromatic rings. The number of carbonyl (C=O) groups is 2. The SMILES string of the molecule is CCC(NC(=O)c1ccc2[nH]nc(NC(=O)c3ccc(N4CCC(OC)CC4)cc3)c2c1)c1cccs1. The number of rotatable bonds is 8. The second-order valence-electron chi connectivity index (χ2n) is 9.21. The molecule has 37 heavy (non-hydrogen) atoms. The Morgan fingerprint density at radius 2 is 1.86 bits per heavy atom. The highest BCUT2D eigenvalue weighted by Crippen LogP contribution is 2.26. The average Bonchev–Trinajstić information content (AvgIpc) is 3.62. The van der Waals surface area contributed by atoms with E-state index in [-0.39, 0.29) is 17.9 Å². The predicted molar refractivity (Wildman–Crippen MR) is 148 cm³/mol. The summed E-state index contributed by atoms with van der Waals surface area (Å²) in [7, 11) is 1.76. The third-order valence-electron chi connectivity index (χ3n) is 6.93. The number of hydrogen-bond acceptors (Lipinski definition) is 6. The largest absolute Gasteiger partial charge is 0.381 e. The van der Waals surface area contributed by atoms with E-state index >= 15 is 0 Å². The van der Waals surface area contributed by atoms with Crippen LogP contribution in [0.1, 0.15) is 57.8 Å². The van der Waals surface area contributed by atoms with Gasteiger partial charge in [0.25, 0.3) is 11.8 Å². The minimum atomic E-state index is -0.253. The summed E-state index contributed by atoms with van der Waals surface area (Å²) in [6.45, 7) is 3.92. The average molecular weight is 518 g/mol. The van der Waals surface area contributed by atoms with Crippen LogP contribution in [0.2, 0.25) is 0 Å². The number of benzene rings is 2. The molecule has 2 amide bonds. The molecule has 3 heterocycles. The summed E-state index contributed by atoms with van der Waals surface area (Å²) in [6, 6.07) is 16.9. The lowest BCUT2D eigenvalue weighted by atomic mass is 10.1. The maximum absolute atomic E-state index is 13.0. The fourth-order valence-corrected chi connectivity index (χ4v) is 5.57. The number of aromatic nitrogens is 2. The summed E-state index contributed by atoms with van der Waals surface area (Å²) < 4.78 is 5.45. The first-order valence-electron chi connectivity index (χ1n) is 12.6. The van der Waals surface area contributed by atoms with Crippen LogP contribution in [0.15, 0.2) is 60.0 Å².